The SMILES string of the molecule is CC(C)C1(C(=O)N2CCSCC2S(C)(=O)=O)CCNC1. The number of carbonyl (C=O) groups is 1. The van der Waals surface area contributed by atoms with Crippen molar-refractivity contribution in [1.29, 1.82) is 0 Å². The van der Waals surface area contributed by atoms with Crippen molar-refractivity contribution in [1.82, 2.24) is 10.2 Å². The van der Waals surface area contributed by atoms with Gasteiger partial charge in [0.25, 0.3) is 0 Å². The summed E-state index contributed by atoms with van der Waals surface area (Å²) in [5.41, 5.74) is -0.440. The predicted octanol–water partition coefficient (Wildman–Crippen LogP) is 0.568. The van der Waals surface area contributed by atoms with E-state index in [0.29, 0.717) is 18.8 Å². The molecule has 0 saturated carbocycles. The average Bonchev–Trinajstić information content (AvgIpc) is 2.87. The molecule has 2 aliphatic rings. The summed E-state index contributed by atoms with van der Waals surface area (Å²) >= 11 is 1.61. The summed E-state index contributed by atoms with van der Waals surface area (Å²) in [5, 5.41) is 2.60. The largest absolute Gasteiger partial charge is 0.323 e. The number of carbonyl (C=O) groups excluding carboxylic acids is 1. The van der Waals surface area contributed by atoms with Gasteiger partial charge in [-0.2, -0.15) is 11.8 Å². The first-order valence-electron chi connectivity index (χ1n) is 7.07. The Balaban J connectivity index is 2.30. The molecule has 2 rings (SSSR count). The molecule has 0 spiro atoms. The van der Waals surface area contributed by atoms with Gasteiger partial charge in [-0.05, 0) is 18.9 Å². The van der Waals surface area contributed by atoms with Gasteiger partial charge in [0.15, 0.2) is 9.84 Å². The van der Waals surface area contributed by atoms with Gasteiger partial charge in [0.05, 0.1) is 5.41 Å². The van der Waals surface area contributed by atoms with Crippen LogP contribution < -0.4 is 5.32 Å². The minimum atomic E-state index is -3.24. The fourth-order valence-corrected chi connectivity index (χ4v) is 5.90. The normalized spacial score (nSPS) is 31.8. The lowest BCUT2D eigenvalue weighted by molar-refractivity contribution is -0.144. The van der Waals surface area contributed by atoms with E-state index in [9.17, 15) is 13.2 Å². The number of sulfone groups is 1. The van der Waals surface area contributed by atoms with Gasteiger partial charge in [0.2, 0.25) is 5.91 Å². The van der Waals surface area contributed by atoms with Crippen LogP contribution in [0.3, 0.4) is 0 Å². The van der Waals surface area contributed by atoms with Crippen LogP contribution in [0.2, 0.25) is 0 Å². The summed E-state index contributed by atoms with van der Waals surface area (Å²) in [5.74, 6) is 1.54. The van der Waals surface area contributed by atoms with Gasteiger partial charge in [0, 0.05) is 30.9 Å². The van der Waals surface area contributed by atoms with Gasteiger partial charge in [-0.25, -0.2) is 8.42 Å². The number of rotatable bonds is 3. The molecule has 0 aromatic rings. The molecule has 0 aromatic carbocycles. The molecule has 116 valence electrons. The van der Waals surface area contributed by atoms with Crippen molar-refractivity contribution >= 4 is 27.5 Å². The van der Waals surface area contributed by atoms with E-state index in [4.69, 9.17) is 0 Å². The molecular weight excluding hydrogens is 296 g/mol. The highest BCUT2D eigenvalue weighted by molar-refractivity contribution is 8.00. The van der Waals surface area contributed by atoms with Crippen LogP contribution in [0, 0.1) is 11.3 Å². The van der Waals surface area contributed by atoms with E-state index in [1.165, 1.54) is 6.26 Å². The summed E-state index contributed by atoms with van der Waals surface area (Å²) in [6.45, 7) is 6.13. The highest BCUT2D eigenvalue weighted by atomic mass is 32.2. The molecule has 20 heavy (non-hydrogen) atoms. The summed E-state index contributed by atoms with van der Waals surface area (Å²) in [7, 11) is -3.24. The Labute approximate surface area is 125 Å². The predicted molar refractivity (Wildman–Crippen MR) is 82.4 cm³/mol. The number of nitrogens with one attached hydrogen (secondary N) is 1. The number of hydrogen-bond acceptors (Lipinski definition) is 5. The number of thioether (sulfide) groups is 1. The fraction of sp³-hybridized carbons (Fsp3) is 0.923. The zero-order valence-corrected chi connectivity index (χ0v) is 14.0. The quantitative estimate of drug-likeness (QED) is 0.823. The second kappa shape index (κ2) is 5.85. The first-order chi connectivity index (χ1) is 9.29. The van der Waals surface area contributed by atoms with E-state index in [0.717, 1.165) is 18.7 Å². The van der Waals surface area contributed by atoms with Crippen LogP contribution in [0.5, 0.6) is 0 Å². The highest BCUT2D eigenvalue weighted by Gasteiger charge is 2.49. The lowest BCUT2D eigenvalue weighted by Gasteiger charge is -2.41. The fourth-order valence-electron chi connectivity index (χ4n) is 3.09. The Kier molecular flexibility index (Phi) is 4.71. The zero-order chi connectivity index (χ0) is 15.0. The molecule has 2 heterocycles. The third kappa shape index (κ3) is 2.85. The van der Waals surface area contributed by atoms with Crippen molar-refractivity contribution in [3.05, 3.63) is 0 Å². The highest BCUT2D eigenvalue weighted by Crippen LogP contribution is 2.38. The van der Waals surface area contributed by atoms with E-state index < -0.39 is 20.6 Å². The van der Waals surface area contributed by atoms with Crippen molar-refractivity contribution in [3.8, 4) is 0 Å². The minimum absolute atomic E-state index is 0.0215. The zero-order valence-electron chi connectivity index (χ0n) is 12.4. The van der Waals surface area contributed by atoms with Gasteiger partial charge >= 0.3 is 0 Å². The topological polar surface area (TPSA) is 66.5 Å². The van der Waals surface area contributed by atoms with Crippen molar-refractivity contribution in [2.75, 3.05) is 37.4 Å². The van der Waals surface area contributed by atoms with Crippen LogP contribution in [0.1, 0.15) is 20.3 Å². The number of nitrogens with zero attached hydrogens (tertiary/aromatic N) is 1. The summed E-state index contributed by atoms with van der Waals surface area (Å²) in [6, 6.07) is 0. The van der Waals surface area contributed by atoms with E-state index in [1.54, 1.807) is 16.7 Å². The lowest BCUT2D eigenvalue weighted by atomic mass is 9.75. The molecule has 2 saturated heterocycles. The molecule has 2 unspecified atom stereocenters. The molecule has 2 fully saturated rings. The maximum atomic E-state index is 13.0. The molecular formula is C13H24N2O3S2. The van der Waals surface area contributed by atoms with E-state index in [1.807, 2.05) is 0 Å². The molecule has 2 atom stereocenters. The van der Waals surface area contributed by atoms with E-state index in [-0.39, 0.29) is 11.8 Å². The molecule has 0 aliphatic carbocycles. The maximum Gasteiger partial charge on any atom is 0.231 e. The van der Waals surface area contributed by atoms with Crippen molar-refractivity contribution < 1.29 is 13.2 Å². The first kappa shape index (κ1) is 16.1. The van der Waals surface area contributed by atoms with Gasteiger partial charge in [-0.15, -0.1) is 0 Å². The second-order valence-electron chi connectivity index (χ2n) is 6.10. The smallest absolute Gasteiger partial charge is 0.231 e. The van der Waals surface area contributed by atoms with E-state index in [2.05, 4.69) is 19.2 Å². The summed E-state index contributed by atoms with van der Waals surface area (Å²) in [4.78, 5) is 14.7. The van der Waals surface area contributed by atoms with Crippen molar-refractivity contribution in [3.63, 3.8) is 0 Å². The number of hydrogen-bond donors (Lipinski definition) is 1. The lowest BCUT2D eigenvalue weighted by Crippen LogP contribution is -2.56. The van der Waals surface area contributed by atoms with Crippen LogP contribution in [-0.4, -0.2) is 62.0 Å². The molecule has 2 aliphatic heterocycles. The molecule has 1 N–H and O–H groups in total. The van der Waals surface area contributed by atoms with Crippen LogP contribution >= 0.6 is 11.8 Å². The van der Waals surface area contributed by atoms with Crippen molar-refractivity contribution in [2.45, 2.75) is 25.6 Å². The number of amides is 1. The monoisotopic (exact) mass is 320 g/mol. The Bertz CT molecular complexity index is 470. The Hall–Kier alpha value is -0.270. The maximum absolute atomic E-state index is 13.0. The van der Waals surface area contributed by atoms with Crippen molar-refractivity contribution in [2.24, 2.45) is 11.3 Å². The van der Waals surface area contributed by atoms with Gasteiger partial charge < -0.3 is 10.2 Å². The van der Waals surface area contributed by atoms with Gasteiger partial charge in [-0.1, -0.05) is 13.8 Å². The van der Waals surface area contributed by atoms with Crippen LogP contribution in [0.4, 0.5) is 0 Å². The standard InChI is InChI=1S/C13H24N2O3S2/c1-10(2)13(4-5-14-9-13)12(16)15-6-7-19-8-11(15)20(3,17)18/h10-11,14H,4-9H2,1-3H3. The third-order valence-electron chi connectivity index (χ3n) is 4.56. The molecule has 7 heteroatoms. The molecule has 0 aromatic heterocycles. The molecule has 0 bridgehead atoms. The van der Waals surface area contributed by atoms with Gasteiger partial charge in [0.1, 0.15) is 5.37 Å². The van der Waals surface area contributed by atoms with Gasteiger partial charge in [-0.3, -0.25) is 4.79 Å². The summed E-state index contributed by atoms with van der Waals surface area (Å²) in [6.07, 6.45) is 2.03. The summed E-state index contributed by atoms with van der Waals surface area (Å²) < 4.78 is 23.9. The molecule has 0 radical (unpaired) electrons. The Morgan fingerprint density at radius 1 is 1.45 bits per heavy atom. The minimum Gasteiger partial charge on any atom is -0.323 e. The Morgan fingerprint density at radius 2 is 2.15 bits per heavy atom. The molecule has 5 nitrogen and oxygen atoms in total. The van der Waals surface area contributed by atoms with Crippen LogP contribution in [-0.2, 0) is 14.6 Å². The first-order valence-corrected chi connectivity index (χ1v) is 10.2. The second-order valence-corrected chi connectivity index (χ2v) is 9.45. The molecule has 1 amide bonds. The Morgan fingerprint density at radius 3 is 2.65 bits per heavy atom. The van der Waals surface area contributed by atoms with Crippen LogP contribution in [0.15, 0.2) is 0 Å². The van der Waals surface area contributed by atoms with E-state index >= 15 is 0 Å². The third-order valence-corrected chi connectivity index (χ3v) is 7.20. The average molecular weight is 320 g/mol. The van der Waals surface area contributed by atoms with Crippen LogP contribution in [0.25, 0.3) is 0 Å².